The molecule has 1 aliphatic carbocycles. The van der Waals surface area contributed by atoms with Gasteiger partial charge in [0, 0.05) is 5.57 Å². The quantitative estimate of drug-likeness (QED) is 0.598. The molecule has 0 N–H and O–H groups in total. The molecule has 0 amide bonds. The van der Waals surface area contributed by atoms with Gasteiger partial charge in [0.25, 0.3) is 0 Å². The Labute approximate surface area is 69.6 Å². The van der Waals surface area contributed by atoms with Crippen molar-refractivity contribution in [3.05, 3.63) is 11.6 Å². The molecule has 1 nitrogen and oxygen atoms in total. The zero-order valence-electron chi connectivity index (χ0n) is 6.06. The van der Waals surface area contributed by atoms with E-state index in [1.165, 1.54) is 0 Å². The Balaban J connectivity index is 2.56. The molecule has 0 aliphatic heterocycles. The Hall–Kier alpha value is -0.110. The van der Waals surface area contributed by atoms with Crippen LogP contribution in [0.2, 0.25) is 0 Å². The summed E-state index contributed by atoms with van der Waals surface area (Å²) in [4.78, 5) is 10.8. The number of hydrogen-bond acceptors (Lipinski definition) is 1. The van der Waals surface area contributed by atoms with Crippen LogP contribution in [0.3, 0.4) is 0 Å². The van der Waals surface area contributed by atoms with Gasteiger partial charge in [-0.2, -0.15) is 0 Å². The van der Waals surface area contributed by atoms with Crippen molar-refractivity contribution < 1.29 is 4.79 Å². The first kappa shape index (κ1) is 7.99. The Kier molecular flexibility index (Phi) is 2.66. The summed E-state index contributed by atoms with van der Waals surface area (Å²) in [5.41, 5.74) is 0.957. The summed E-state index contributed by atoms with van der Waals surface area (Å²) in [5, 5.41) is 0. The molecule has 0 aromatic rings. The minimum atomic E-state index is 0.0689. The molecule has 1 atom stereocenters. The van der Waals surface area contributed by atoms with Gasteiger partial charge in [-0.25, -0.2) is 0 Å². The molecule has 0 saturated heterocycles. The van der Waals surface area contributed by atoms with Crippen molar-refractivity contribution >= 4 is 20.6 Å². The second-order valence-electron chi connectivity index (χ2n) is 2.88. The van der Waals surface area contributed by atoms with Crippen LogP contribution in [0, 0.1) is 5.92 Å². The van der Waals surface area contributed by atoms with E-state index in [1.807, 2.05) is 6.08 Å². The minimum absolute atomic E-state index is 0.0689. The van der Waals surface area contributed by atoms with Crippen molar-refractivity contribution in [2.45, 2.75) is 26.2 Å². The van der Waals surface area contributed by atoms with Crippen LogP contribution in [0.25, 0.3) is 0 Å². The van der Waals surface area contributed by atoms with Gasteiger partial charge in [-0.3, -0.25) is 4.79 Å². The van der Waals surface area contributed by atoms with E-state index in [4.69, 9.17) is 0 Å². The predicted octanol–water partition coefficient (Wildman–Crippen LogP) is 2.65. The zero-order valence-corrected chi connectivity index (χ0v) is 7.65. The Morgan fingerprint density at radius 2 is 2.50 bits per heavy atom. The third kappa shape index (κ3) is 1.94. The van der Waals surface area contributed by atoms with Gasteiger partial charge in [0.15, 0.2) is 0 Å². The van der Waals surface area contributed by atoms with Crippen molar-refractivity contribution in [2.24, 2.45) is 5.92 Å². The molecule has 0 heterocycles. The fraction of sp³-hybridized carbons (Fsp3) is 0.625. The summed E-state index contributed by atoms with van der Waals surface area (Å²) in [6.45, 7) is 2.21. The predicted molar refractivity (Wildman–Crippen MR) is 45.0 cm³/mol. The Morgan fingerprint density at radius 3 is 2.90 bits per heavy atom. The number of carbonyl (C=O) groups excluding carboxylic acids is 1. The van der Waals surface area contributed by atoms with Crippen molar-refractivity contribution in [3.63, 3.8) is 0 Å². The van der Waals surface area contributed by atoms with Crippen LogP contribution in [0.1, 0.15) is 26.2 Å². The molecule has 56 valence electrons. The first-order valence-electron chi connectivity index (χ1n) is 3.59. The first-order chi connectivity index (χ1) is 4.70. The van der Waals surface area contributed by atoms with E-state index in [2.05, 4.69) is 22.9 Å². The lowest BCUT2D eigenvalue weighted by atomic mass is 9.92. The molecule has 0 bridgehead atoms. The third-order valence-corrected chi connectivity index (χ3v) is 2.43. The molecule has 2 heteroatoms. The van der Waals surface area contributed by atoms with Crippen LogP contribution in [0.4, 0.5) is 0 Å². The summed E-state index contributed by atoms with van der Waals surface area (Å²) in [7, 11) is 0. The number of halogens is 1. The summed E-state index contributed by atoms with van der Waals surface area (Å²) in [6.07, 6.45) is 5.21. The van der Waals surface area contributed by atoms with Gasteiger partial charge in [-0.05, 0) is 41.1 Å². The van der Waals surface area contributed by atoms with E-state index in [0.29, 0.717) is 0 Å². The van der Waals surface area contributed by atoms with E-state index in [1.54, 1.807) is 0 Å². The summed E-state index contributed by atoms with van der Waals surface area (Å²) >= 11 is 2.95. The number of carbonyl (C=O) groups is 1. The highest BCUT2D eigenvalue weighted by Gasteiger charge is 2.13. The maximum Gasteiger partial charge on any atom is 0.223 e. The normalized spacial score (nSPS) is 25.8. The molecule has 1 unspecified atom stereocenters. The average Bonchev–Trinajstić information content (AvgIpc) is 1.88. The zero-order chi connectivity index (χ0) is 7.56. The lowest BCUT2D eigenvalue weighted by Gasteiger charge is -2.15. The van der Waals surface area contributed by atoms with Crippen LogP contribution < -0.4 is 0 Å². The summed E-state index contributed by atoms with van der Waals surface area (Å²) in [5.74, 6) is 0.760. The number of allylic oxidation sites excluding steroid dienone is 2. The summed E-state index contributed by atoms with van der Waals surface area (Å²) < 4.78 is 0.0689. The molecular formula is C8H11BrO. The van der Waals surface area contributed by atoms with E-state index >= 15 is 0 Å². The number of rotatable bonds is 1. The maximum atomic E-state index is 10.8. The van der Waals surface area contributed by atoms with E-state index in [9.17, 15) is 4.79 Å². The van der Waals surface area contributed by atoms with Gasteiger partial charge >= 0.3 is 0 Å². The Bertz CT molecular complexity index is 172. The molecule has 10 heavy (non-hydrogen) atoms. The van der Waals surface area contributed by atoms with Crippen LogP contribution in [0.5, 0.6) is 0 Å². The highest BCUT2D eigenvalue weighted by molar-refractivity contribution is 9.18. The van der Waals surface area contributed by atoms with Crippen LogP contribution >= 0.6 is 15.9 Å². The van der Waals surface area contributed by atoms with Gasteiger partial charge in [-0.15, -0.1) is 0 Å². The Morgan fingerprint density at radius 1 is 1.80 bits per heavy atom. The monoisotopic (exact) mass is 202 g/mol. The smallest absolute Gasteiger partial charge is 0.223 e. The lowest BCUT2D eigenvalue weighted by molar-refractivity contribution is -0.107. The van der Waals surface area contributed by atoms with E-state index < -0.39 is 0 Å². The molecular weight excluding hydrogens is 192 g/mol. The fourth-order valence-corrected chi connectivity index (χ4v) is 1.50. The van der Waals surface area contributed by atoms with Crippen LogP contribution in [0.15, 0.2) is 11.6 Å². The van der Waals surface area contributed by atoms with Crippen LogP contribution in [-0.4, -0.2) is 4.69 Å². The molecule has 1 aliphatic rings. The average molecular weight is 203 g/mol. The van der Waals surface area contributed by atoms with Gasteiger partial charge in [0.05, 0.1) is 0 Å². The molecule has 0 fully saturated rings. The molecule has 0 spiro atoms. The molecule has 0 aromatic carbocycles. The maximum absolute atomic E-state index is 10.8. The second-order valence-corrected chi connectivity index (χ2v) is 3.60. The van der Waals surface area contributed by atoms with Gasteiger partial charge in [0.1, 0.15) is 0 Å². The topological polar surface area (TPSA) is 17.1 Å². The van der Waals surface area contributed by atoms with E-state index in [0.717, 1.165) is 30.8 Å². The molecule has 0 radical (unpaired) electrons. The van der Waals surface area contributed by atoms with Crippen molar-refractivity contribution in [1.82, 2.24) is 0 Å². The fourth-order valence-electron chi connectivity index (χ4n) is 1.14. The van der Waals surface area contributed by atoms with Crippen molar-refractivity contribution in [2.75, 3.05) is 0 Å². The second kappa shape index (κ2) is 3.33. The van der Waals surface area contributed by atoms with Crippen molar-refractivity contribution in [3.8, 4) is 0 Å². The SMILES string of the molecule is CC1CC=C(C(=O)Br)CC1. The lowest BCUT2D eigenvalue weighted by Crippen LogP contribution is -2.04. The van der Waals surface area contributed by atoms with Crippen LogP contribution in [-0.2, 0) is 4.79 Å². The van der Waals surface area contributed by atoms with Gasteiger partial charge < -0.3 is 0 Å². The highest BCUT2D eigenvalue weighted by Crippen LogP contribution is 2.24. The molecule has 0 aromatic heterocycles. The van der Waals surface area contributed by atoms with Gasteiger partial charge in [0.2, 0.25) is 4.69 Å². The minimum Gasteiger partial charge on any atom is -0.281 e. The number of hydrogen-bond donors (Lipinski definition) is 0. The standard InChI is InChI=1S/C8H11BrO/c1-6-2-4-7(5-3-6)8(9)10/h4,6H,2-3,5H2,1H3. The first-order valence-corrected chi connectivity index (χ1v) is 4.38. The molecule has 1 rings (SSSR count). The largest absolute Gasteiger partial charge is 0.281 e. The van der Waals surface area contributed by atoms with E-state index in [-0.39, 0.29) is 4.69 Å². The van der Waals surface area contributed by atoms with Crippen molar-refractivity contribution in [1.29, 1.82) is 0 Å². The third-order valence-electron chi connectivity index (χ3n) is 1.93. The molecule has 0 saturated carbocycles. The summed E-state index contributed by atoms with van der Waals surface area (Å²) in [6, 6.07) is 0. The highest BCUT2D eigenvalue weighted by atomic mass is 79.9. The van der Waals surface area contributed by atoms with Gasteiger partial charge in [-0.1, -0.05) is 13.0 Å².